The van der Waals surface area contributed by atoms with Crippen LogP contribution in [0.2, 0.25) is 0 Å². The molecule has 0 bridgehead atoms. The number of pyridine rings is 1. The standard InChI is InChI=1S/C26H26N4O3S2/c1-17-6-11-22-27-23(28-12-4-3-5-13-28)20(24(31)29(22)15-17)14-21-25(32)30(26(34)35-21)16-18-7-9-19(33-2)10-8-18/h6-11,14-15H,3-5,12-13,16H2,1-2H3. The number of hydrogen-bond donors (Lipinski definition) is 0. The van der Waals surface area contributed by atoms with Crippen LogP contribution in [0.15, 0.2) is 52.3 Å². The molecule has 0 unspecified atom stereocenters. The highest BCUT2D eigenvalue weighted by molar-refractivity contribution is 8.26. The van der Waals surface area contributed by atoms with Gasteiger partial charge in [-0.3, -0.25) is 18.9 Å². The van der Waals surface area contributed by atoms with Gasteiger partial charge in [-0.15, -0.1) is 0 Å². The fourth-order valence-corrected chi connectivity index (χ4v) is 5.64. The van der Waals surface area contributed by atoms with Gasteiger partial charge in [-0.2, -0.15) is 0 Å². The van der Waals surface area contributed by atoms with Crippen LogP contribution >= 0.6 is 24.0 Å². The summed E-state index contributed by atoms with van der Waals surface area (Å²) in [6, 6.07) is 11.4. The van der Waals surface area contributed by atoms with Crippen LogP contribution in [0.4, 0.5) is 5.82 Å². The summed E-state index contributed by atoms with van der Waals surface area (Å²) in [6.45, 7) is 3.98. The molecule has 0 spiro atoms. The topological polar surface area (TPSA) is 67.2 Å². The average molecular weight is 507 g/mol. The Morgan fingerprint density at radius 3 is 2.54 bits per heavy atom. The molecule has 180 valence electrons. The highest BCUT2D eigenvalue weighted by Gasteiger charge is 2.33. The van der Waals surface area contributed by atoms with Crippen LogP contribution in [0.5, 0.6) is 5.75 Å². The number of thiocarbonyl (C=S) groups is 1. The van der Waals surface area contributed by atoms with Crippen molar-refractivity contribution in [3.8, 4) is 5.75 Å². The van der Waals surface area contributed by atoms with Gasteiger partial charge in [0.15, 0.2) is 0 Å². The quantitative estimate of drug-likeness (QED) is 0.375. The number of carbonyl (C=O) groups excluding carboxylic acids is 1. The number of rotatable bonds is 5. The van der Waals surface area contributed by atoms with E-state index in [1.165, 1.54) is 18.2 Å². The second-order valence-electron chi connectivity index (χ2n) is 8.75. The number of fused-ring (bicyclic) bond motifs is 1. The normalized spacial score (nSPS) is 17.6. The van der Waals surface area contributed by atoms with Crippen molar-refractivity contribution in [1.82, 2.24) is 14.3 Å². The summed E-state index contributed by atoms with van der Waals surface area (Å²) in [5, 5.41) is 0. The van der Waals surface area contributed by atoms with E-state index in [2.05, 4.69) is 4.90 Å². The molecule has 7 nitrogen and oxygen atoms in total. The minimum absolute atomic E-state index is 0.181. The number of hydrogen-bond acceptors (Lipinski definition) is 7. The number of thioether (sulfide) groups is 1. The summed E-state index contributed by atoms with van der Waals surface area (Å²) in [7, 11) is 1.62. The van der Waals surface area contributed by atoms with Crippen LogP contribution in [0.25, 0.3) is 11.7 Å². The van der Waals surface area contributed by atoms with Gasteiger partial charge >= 0.3 is 0 Å². The van der Waals surface area contributed by atoms with Gasteiger partial charge in [-0.05, 0) is 61.6 Å². The molecular formula is C26H26N4O3S2. The molecule has 0 atom stereocenters. The van der Waals surface area contributed by atoms with E-state index >= 15 is 0 Å². The fourth-order valence-electron chi connectivity index (χ4n) is 4.40. The third kappa shape index (κ3) is 4.70. The third-order valence-corrected chi connectivity index (χ3v) is 7.67. The number of ether oxygens (including phenoxy) is 1. The van der Waals surface area contributed by atoms with Crippen molar-refractivity contribution in [2.24, 2.45) is 0 Å². The molecule has 9 heteroatoms. The molecule has 0 radical (unpaired) electrons. The molecule has 2 aliphatic rings. The molecule has 0 N–H and O–H groups in total. The van der Waals surface area contributed by atoms with E-state index < -0.39 is 0 Å². The molecule has 0 aliphatic carbocycles. The molecule has 4 heterocycles. The Balaban J connectivity index is 1.53. The highest BCUT2D eigenvalue weighted by atomic mass is 32.2. The lowest BCUT2D eigenvalue weighted by Crippen LogP contribution is -2.33. The molecule has 1 aromatic carbocycles. The second kappa shape index (κ2) is 9.83. The number of aromatic nitrogens is 2. The van der Waals surface area contributed by atoms with Gasteiger partial charge in [-0.1, -0.05) is 42.2 Å². The molecule has 1 amide bonds. The van der Waals surface area contributed by atoms with Crippen molar-refractivity contribution in [2.45, 2.75) is 32.7 Å². The predicted octanol–water partition coefficient (Wildman–Crippen LogP) is 4.40. The third-order valence-electron chi connectivity index (χ3n) is 6.29. The van der Waals surface area contributed by atoms with Gasteiger partial charge < -0.3 is 9.64 Å². The molecule has 2 aliphatic heterocycles. The maximum absolute atomic E-state index is 13.6. The van der Waals surface area contributed by atoms with Gasteiger partial charge in [0.25, 0.3) is 11.5 Å². The molecular weight excluding hydrogens is 480 g/mol. The van der Waals surface area contributed by atoms with E-state index in [9.17, 15) is 9.59 Å². The van der Waals surface area contributed by atoms with Gasteiger partial charge in [0.2, 0.25) is 0 Å². The van der Waals surface area contributed by atoms with E-state index in [0.29, 0.717) is 32.8 Å². The fraction of sp³-hybridized carbons (Fsp3) is 0.308. The lowest BCUT2D eigenvalue weighted by atomic mass is 10.1. The van der Waals surface area contributed by atoms with Crippen LogP contribution in [0.3, 0.4) is 0 Å². The van der Waals surface area contributed by atoms with E-state index in [1.54, 1.807) is 28.7 Å². The van der Waals surface area contributed by atoms with Crippen molar-refractivity contribution < 1.29 is 9.53 Å². The smallest absolute Gasteiger partial charge is 0.267 e. The molecule has 3 aromatic rings. The van der Waals surface area contributed by atoms with Crippen LogP contribution in [-0.4, -0.2) is 44.7 Å². The first-order chi connectivity index (χ1) is 16.9. The van der Waals surface area contributed by atoms with Crippen molar-refractivity contribution in [3.05, 3.63) is 74.5 Å². The van der Waals surface area contributed by atoms with E-state index in [4.69, 9.17) is 21.9 Å². The Hall–Kier alpha value is -3.17. The molecule has 0 saturated carbocycles. The summed E-state index contributed by atoms with van der Waals surface area (Å²) in [4.78, 5) is 36.0. The Morgan fingerprint density at radius 2 is 1.83 bits per heavy atom. The summed E-state index contributed by atoms with van der Waals surface area (Å²) >= 11 is 6.76. The number of benzene rings is 1. The van der Waals surface area contributed by atoms with E-state index in [-0.39, 0.29) is 11.5 Å². The first-order valence-electron chi connectivity index (χ1n) is 11.6. The summed E-state index contributed by atoms with van der Waals surface area (Å²) in [5.41, 5.74) is 2.76. The zero-order chi connectivity index (χ0) is 24.5. The Kier molecular flexibility index (Phi) is 6.62. The van der Waals surface area contributed by atoms with Gasteiger partial charge in [0.05, 0.1) is 24.1 Å². The Morgan fingerprint density at radius 1 is 1.09 bits per heavy atom. The molecule has 2 aromatic heterocycles. The first kappa shape index (κ1) is 23.6. The zero-order valence-corrected chi connectivity index (χ0v) is 21.3. The average Bonchev–Trinajstić information content (AvgIpc) is 3.14. The second-order valence-corrected chi connectivity index (χ2v) is 10.4. The summed E-state index contributed by atoms with van der Waals surface area (Å²) in [6.07, 6.45) is 6.75. The van der Waals surface area contributed by atoms with Crippen molar-refractivity contribution in [1.29, 1.82) is 0 Å². The monoisotopic (exact) mass is 506 g/mol. The molecule has 35 heavy (non-hydrogen) atoms. The van der Waals surface area contributed by atoms with E-state index in [0.717, 1.165) is 42.8 Å². The zero-order valence-electron chi connectivity index (χ0n) is 19.7. The SMILES string of the molecule is COc1ccc(CN2C(=O)C(=Cc3c(N4CCCCC4)nc4ccc(C)cn4c3=O)SC2=S)cc1. The number of nitrogens with zero attached hydrogens (tertiary/aromatic N) is 4. The molecule has 2 saturated heterocycles. The van der Waals surface area contributed by atoms with Crippen LogP contribution in [-0.2, 0) is 11.3 Å². The minimum Gasteiger partial charge on any atom is -0.497 e. The lowest BCUT2D eigenvalue weighted by molar-refractivity contribution is -0.122. The lowest BCUT2D eigenvalue weighted by Gasteiger charge is -2.29. The Labute approximate surface area is 213 Å². The van der Waals surface area contributed by atoms with Crippen molar-refractivity contribution in [2.75, 3.05) is 25.1 Å². The molecule has 5 rings (SSSR count). The number of amides is 1. The van der Waals surface area contributed by atoms with Crippen LogP contribution in [0.1, 0.15) is 36.0 Å². The first-order valence-corrected chi connectivity index (χ1v) is 12.8. The predicted molar refractivity (Wildman–Crippen MR) is 144 cm³/mol. The maximum atomic E-state index is 13.6. The van der Waals surface area contributed by atoms with Gasteiger partial charge in [0.1, 0.15) is 21.5 Å². The minimum atomic E-state index is -0.200. The van der Waals surface area contributed by atoms with Crippen molar-refractivity contribution >= 4 is 51.7 Å². The number of carbonyl (C=O) groups is 1. The highest BCUT2D eigenvalue weighted by Crippen LogP contribution is 2.35. The number of aryl methyl sites for hydroxylation is 1. The van der Waals surface area contributed by atoms with Gasteiger partial charge in [-0.25, -0.2) is 4.98 Å². The maximum Gasteiger partial charge on any atom is 0.267 e. The summed E-state index contributed by atoms with van der Waals surface area (Å²) in [5.74, 6) is 1.19. The number of piperidine rings is 1. The number of anilines is 1. The van der Waals surface area contributed by atoms with Crippen molar-refractivity contribution in [3.63, 3.8) is 0 Å². The van der Waals surface area contributed by atoms with Crippen LogP contribution in [0, 0.1) is 6.92 Å². The molecule has 2 fully saturated rings. The van der Waals surface area contributed by atoms with Gasteiger partial charge in [0, 0.05) is 19.3 Å². The number of methoxy groups -OCH3 is 1. The largest absolute Gasteiger partial charge is 0.497 e. The summed E-state index contributed by atoms with van der Waals surface area (Å²) < 4.78 is 7.25. The van der Waals surface area contributed by atoms with E-state index in [1.807, 2.05) is 43.3 Å². The Bertz CT molecular complexity index is 1390. The van der Waals surface area contributed by atoms with Crippen LogP contribution < -0.4 is 15.2 Å².